The van der Waals surface area contributed by atoms with Crippen LogP contribution >= 0.6 is 89.3 Å². The molecule has 1 atom stereocenters. The maximum atomic E-state index is 6.39. The van der Waals surface area contributed by atoms with E-state index in [0.29, 0.717) is 8.67 Å². The van der Waals surface area contributed by atoms with Gasteiger partial charge in [0.25, 0.3) is 0 Å². The first-order chi connectivity index (χ1) is 7.49. The summed E-state index contributed by atoms with van der Waals surface area (Å²) in [6.07, 6.45) is 0. The summed E-state index contributed by atoms with van der Waals surface area (Å²) in [6, 6.07) is 3.79. The maximum absolute atomic E-state index is 6.39. The number of rotatable bonds is 2. The second-order valence-corrected chi connectivity index (χ2v) is 9.39. The smallest absolute Gasteiger partial charge is 0.0994 e. The predicted octanol–water partition coefficient (Wildman–Crippen LogP) is 6.97. The van der Waals surface area contributed by atoms with E-state index < -0.39 is 0 Å². The van der Waals surface area contributed by atoms with Crippen molar-refractivity contribution in [2.24, 2.45) is 0 Å². The second kappa shape index (κ2) is 5.47. The molecule has 2 rings (SSSR count). The van der Waals surface area contributed by atoms with E-state index in [1.165, 1.54) is 11.3 Å². The Morgan fingerprint density at radius 2 is 1.75 bits per heavy atom. The molecular weight excluding hydrogens is 438 g/mol. The van der Waals surface area contributed by atoms with Crippen molar-refractivity contribution in [3.8, 4) is 0 Å². The molecule has 0 saturated heterocycles. The van der Waals surface area contributed by atoms with Crippen molar-refractivity contribution < 1.29 is 0 Å². The molecule has 0 spiro atoms. The summed E-state index contributed by atoms with van der Waals surface area (Å²) in [5, 5.41) is -0.284. The van der Waals surface area contributed by atoms with Crippen LogP contribution in [-0.2, 0) is 0 Å². The molecule has 0 bridgehead atoms. The van der Waals surface area contributed by atoms with Crippen LogP contribution in [0, 0.1) is 0 Å². The predicted molar refractivity (Wildman–Crippen MR) is 81.8 cm³/mol. The minimum Gasteiger partial charge on any atom is -0.121 e. The Morgan fingerprint density at radius 3 is 2.19 bits per heavy atom. The average Bonchev–Trinajstić information content (AvgIpc) is 2.68. The highest BCUT2D eigenvalue weighted by Crippen LogP contribution is 2.45. The highest BCUT2D eigenvalue weighted by Gasteiger charge is 2.21. The molecule has 7 heteroatoms. The van der Waals surface area contributed by atoms with Gasteiger partial charge in [0.1, 0.15) is 0 Å². The lowest BCUT2D eigenvalue weighted by Crippen LogP contribution is -1.90. The Hall–Kier alpha value is 1.23. The Morgan fingerprint density at radius 1 is 1.06 bits per heavy atom. The van der Waals surface area contributed by atoms with Crippen molar-refractivity contribution in [1.29, 1.82) is 0 Å². The molecule has 0 radical (unpaired) electrons. The van der Waals surface area contributed by atoms with Crippen molar-refractivity contribution >= 4 is 89.3 Å². The molecular formula is C9H3Br2Cl3S2. The maximum Gasteiger partial charge on any atom is 0.0994 e. The molecule has 0 amide bonds. The summed E-state index contributed by atoms with van der Waals surface area (Å²) in [5.74, 6) is 0. The lowest BCUT2D eigenvalue weighted by molar-refractivity contribution is 1.16. The summed E-state index contributed by atoms with van der Waals surface area (Å²) in [7, 11) is 0. The number of hydrogen-bond donors (Lipinski definition) is 0. The van der Waals surface area contributed by atoms with Crippen LogP contribution in [0.4, 0.5) is 0 Å². The van der Waals surface area contributed by atoms with Gasteiger partial charge in [-0.05, 0) is 44.0 Å². The van der Waals surface area contributed by atoms with Gasteiger partial charge < -0.3 is 0 Å². The molecule has 0 aliphatic carbocycles. The van der Waals surface area contributed by atoms with Crippen LogP contribution in [0.3, 0.4) is 0 Å². The molecule has 0 aliphatic rings. The largest absolute Gasteiger partial charge is 0.121 e. The fourth-order valence-electron chi connectivity index (χ4n) is 1.22. The van der Waals surface area contributed by atoms with E-state index in [1.54, 1.807) is 11.3 Å². The van der Waals surface area contributed by atoms with Crippen molar-refractivity contribution in [3.63, 3.8) is 0 Å². The summed E-state index contributed by atoms with van der Waals surface area (Å²) < 4.78 is 3.31. The SMILES string of the molecule is Clc1cc(C(Cl)c2cc(Br)sc2Br)c(Cl)s1. The van der Waals surface area contributed by atoms with Gasteiger partial charge in [0, 0.05) is 11.1 Å². The summed E-state index contributed by atoms with van der Waals surface area (Å²) >= 11 is 28.2. The van der Waals surface area contributed by atoms with Gasteiger partial charge in [-0.2, -0.15) is 0 Å². The van der Waals surface area contributed by atoms with Gasteiger partial charge in [-0.25, -0.2) is 0 Å². The summed E-state index contributed by atoms with van der Waals surface area (Å²) in [4.78, 5) is 0. The van der Waals surface area contributed by atoms with E-state index >= 15 is 0 Å². The molecule has 0 N–H and O–H groups in total. The number of halogens is 5. The second-order valence-electron chi connectivity index (χ2n) is 2.92. The van der Waals surface area contributed by atoms with Gasteiger partial charge >= 0.3 is 0 Å². The van der Waals surface area contributed by atoms with E-state index in [4.69, 9.17) is 34.8 Å². The third-order valence-electron chi connectivity index (χ3n) is 1.91. The molecule has 2 aromatic rings. The Kier molecular flexibility index (Phi) is 4.67. The topological polar surface area (TPSA) is 0 Å². The molecule has 1 unspecified atom stereocenters. The van der Waals surface area contributed by atoms with Crippen LogP contribution in [0.5, 0.6) is 0 Å². The van der Waals surface area contributed by atoms with Crippen molar-refractivity contribution in [2.75, 3.05) is 0 Å². The first-order valence-corrected chi connectivity index (χ1v) is 8.43. The Labute approximate surface area is 133 Å². The molecule has 0 aromatic carbocycles. The van der Waals surface area contributed by atoms with Gasteiger partial charge in [0.05, 0.1) is 21.6 Å². The van der Waals surface area contributed by atoms with E-state index in [1.807, 2.05) is 12.1 Å². The van der Waals surface area contributed by atoms with Gasteiger partial charge in [-0.15, -0.1) is 34.3 Å². The summed E-state index contributed by atoms with van der Waals surface area (Å²) in [6.45, 7) is 0. The number of alkyl halides is 1. The van der Waals surface area contributed by atoms with Crippen molar-refractivity contribution in [2.45, 2.75) is 5.38 Å². The average molecular weight is 441 g/mol. The van der Waals surface area contributed by atoms with Crippen molar-refractivity contribution in [3.05, 3.63) is 39.5 Å². The lowest BCUT2D eigenvalue weighted by Gasteiger charge is -2.06. The van der Waals surface area contributed by atoms with E-state index in [9.17, 15) is 0 Å². The summed E-state index contributed by atoms with van der Waals surface area (Å²) in [5.41, 5.74) is 1.85. The molecule has 2 aromatic heterocycles. The third kappa shape index (κ3) is 2.79. The first-order valence-electron chi connectivity index (χ1n) is 4.02. The molecule has 86 valence electrons. The molecule has 2 heterocycles. The molecule has 16 heavy (non-hydrogen) atoms. The number of hydrogen-bond acceptors (Lipinski definition) is 2. The van der Waals surface area contributed by atoms with Crippen LogP contribution in [0.25, 0.3) is 0 Å². The molecule has 0 saturated carbocycles. The van der Waals surface area contributed by atoms with E-state index in [2.05, 4.69) is 31.9 Å². The van der Waals surface area contributed by atoms with Crippen LogP contribution in [0.1, 0.15) is 16.5 Å². The minimum absolute atomic E-state index is 0.284. The van der Waals surface area contributed by atoms with Gasteiger partial charge in [-0.1, -0.05) is 23.2 Å². The highest BCUT2D eigenvalue weighted by atomic mass is 79.9. The van der Waals surface area contributed by atoms with Crippen LogP contribution in [-0.4, -0.2) is 0 Å². The molecule has 0 fully saturated rings. The Balaban J connectivity index is 2.42. The zero-order valence-electron chi connectivity index (χ0n) is 7.44. The fourth-order valence-corrected chi connectivity index (χ4v) is 6.31. The fraction of sp³-hybridized carbons (Fsp3) is 0.111. The monoisotopic (exact) mass is 438 g/mol. The first kappa shape index (κ1) is 13.7. The quantitative estimate of drug-likeness (QED) is 0.442. The van der Waals surface area contributed by atoms with Gasteiger partial charge in [0.2, 0.25) is 0 Å². The zero-order valence-corrected chi connectivity index (χ0v) is 14.5. The standard InChI is InChI=1S/C9H3Br2Cl3S2/c10-5-1-3(8(11)15-5)7(13)4-2-6(12)16-9(4)14/h1-2,7H. The van der Waals surface area contributed by atoms with Crippen molar-refractivity contribution in [1.82, 2.24) is 0 Å². The Bertz CT molecular complexity index is 475. The number of thiophene rings is 2. The van der Waals surface area contributed by atoms with Crippen LogP contribution in [0.2, 0.25) is 8.67 Å². The zero-order chi connectivity index (χ0) is 11.9. The molecule has 0 nitrogen and oxygen atoms in total. The van der Waals surface area contributed by atoms with Gasteiger partial charge in [0.15, 0.2) is 0 Å². The minimum atomic E-state index is -0.284. The van der Waals surface area contributed by atoms with Gasteiger partial charge in [-0.3, -0.25) is 0 Å². The van der Waals surface area contributed by atoms with E-state index in [0.717, 1.165) is 18.7 Å². The molecule has 0 aliphatic heterocycles. The van der Waals surface area contributed by atoms with Crippen LogP contribution < -0.4 is 0 Å². The van der Waals surface area contributed by atoms with E-state index in [-0.39, 0.29) is 5.38 Å². The normalized spacial score (nSPS) is 13.1. The highest BCUT2D eigenvalue weighted by molar-refractivity contribution is 9.12. The van der Waals surface area contributed by atoms with Crippen LogP contribution in [0.15, 0.2) is 19.7 Å². The lowest BCUT2D eigenvalue weighted by atomic mass is 10.1. The third-order valence-corrected chi connectivity index (χ3v) is 6.29.